The van der Waals surface area contributed by atoms with Gasteiger partial charge in [0.1, 0.15) is 18.5 Å². The molecule has 2 atom stereocenters. The molecule has 41 heavy (non-hydrogen) atoms. The number of nitrogens with zero attached hydrogens (tertiary/aromatic N) is 3. The molecule has 1 aromatic heterocycles. The number of hydrogen-bond acceptors (Lipinski definition) is 7. The molecule has 0 N–H and O–H groups in total. The SMILES string of the molecule is CC(=O)OCOc1c2n(ccc1=O)N([C@H]1c3cccc(F)c3CSc3c(C)cccc31)CN([C@H](C)C(F)(F)F)C2=O. The minimum Gasteiger partial charge on any atom is -0.451 e. The van der Waals surface area contributed by atoms with Crippen molar-refractivity contribution < 1.29 is 36.6 Å². The minimum absolute atomic E-state index is 0.277. The maximum atomic E-state index is 15.2. The van der Waals surface area contributed by atoms with Crippen molar-refractivity contribution in [2.45, 2.75) is 49.7 Å². The van der Waals surface area contributed by atoms with Crippen LogP contribution in [0.4, 0.5) is 17.6 Å². The first-order valence-electron chi connectivity index (χ1n) is 12.6. The molecule has 0 radical (unpaired) electrons. The van der Waals surface area contributed by atoms with Crippen LogP contribution in [-0.2, 0) is 15.3 Å². The quantitative estimate of drug-likeness (QED) is 0.238. The molecule has 2 aliphatic heterocycles. The summed E-state index contributed by atoms with van der Waals surface area (Å²) in [5.74, 6) is -2.59. The largest absolute Gasteiger partial charge is 0.451 e. The van der Waals surface area contributed by atoms with Gasteiger partial charge in [-0.25, -0.2) is 4.39 Å². The molecule has 5 rings (SSSR count). The smallest absolute Gasteiger partial charge is 0.408 e. The van der Waals surface area contributed by atoms with E-state index in [2.05, 4.69) is 0 Å². The molecule has 216 valence electrons. The average molecular weight is 592 g/mol. The molecular formula is C28H25F4N3O5S. The molecule has 13 heteroatoms. The lowest BCUT2D eigenvalue weighted by Crippen LogP contribution is -2.60. The number of benzene rings is 2. The second-order valence-electron chi connectivity index (χ2n) is 9.67. The molecule has 0 saturated carbocycles. The molecular weight excluding hydrogens is 566 g/mol. The van der Waals surface area contributed by atoms with Gasteiger partial charge in [0, 0.05) is 35.4 Å². The van der Waals surface area contributed by atoms with E-state index in [0.29, 0.717) is 21.6 Å². The molecule has 8 nitrogen and oxygen atoms in total. The van der Waals surface area contributed by atoms with Crippen LogP contribution < -0.4 is 15.2 Å². The van der Waals surface area contributed by atoms with Gasteiger partial charge in [-0.15, -0.1) is 11.8 Å². The Labute approximate surface area is 236 Å². The predicted octanol–water partition coefficient (Wildman–Crippen LogP) is 4.89. The van der Waals surface area contributed by atoms with Gasteiger partial charge in [0.15, 0.2) is 5.69 Å². The summed E-state index contributed by atoms with van der Waals surface area (Å²) in [7, 11) is 0. The number of aryl methyl sites for hydroxylation is 1. The summed E-state index contributed by atoms with van der Waals surface area (Å²) in [6.07, 6.45) is -3.52. The van der Waals surface area contributed by atoms with Crippen molar-refractivity contribution in [3.8, 4) is 5.75 Å². The van der Waals surface area contributed by atoms with Crippen LogP contribution in [0.25, 0.3) is 0 Å². The average Bonchev–Trinajstić information content (AvgIpc) is 3.07. The Bertz CT molecular complexity index is 1540. The highest BCUT2D eigenvalue weighted by molar-refractivity contribution is 7.98. The number of halogens is 4. The maximum absolute atomic E-state index is 15.2. The third kappa shape index (κ3) is 5.14. The molecule has 1 amide bonds. The number of alkyl halides is 3. The van der Waals surface area contributed by atoms with E-state index in [1.807, 2.05) is 19.1 Å². The number of aromatic nitrogens is 1. The van der Waals surface area contributed by atoms with Crippen LogP contribution in [0, 0.1) is 12.7 Å². The summed E-state index contributed by atoms with van der Waals surface area (Å²) in [5.41, 5.74) is 1.20. The Kier molecular flexibility index (Phi) is 7.49. The Morgan fingerprint density at radius 3 is 2.54 bits per heavy atom. The number of rotatable bonds is 5. The molecule has 0 spiro atoms. The van der Waals surface area contributed by atoms with Crippen molar-refractivity contribution in [1.29, 1.82) is 0 Å². The highest BCUT2D eigenvalue weighted by atomic mass is 32.2. The fourth-order valence-electron chi connectivity index (χ4n) is 5.04. The first-order valence-corrected chi connectivity index (χ1v) is 13.5. The Balaban J connectivity index is 1.78. The summed E-state index contributed by atoms with van der Waals surface area (Å²) in [6, 6.07) is 8.06. The highest BCUT2D eigenvalue weighted by Gasteiger charge is 2.48. The van der Waals surface area contributed by atoms with Crippen molar-refractivity contribution in [2.75, 3.05) is 18.5 Å². The molecule has 0 unspecified atom stereocenters. The summed E-state index contributed by atoms with van der Waals surface area (Å²) >= 11 is 1.41. The molecule has 0 bridgehead atoms. The summed E-state index contributed by atoms with van der Waals surface area (Å²) in [4.78, 5) is 39.2. The Morgan fingerprint density at radius 2 is 1.83 bits per heavy atom. The number of carbonyl (C=O) groups is 2. The van der Waals surface area contributed by atoms with Gasteiger partial charge < -0.3 is 14.4 Å². The molecule has 0 saturated heterocycles. The zero-order valence-electron chi connectivity index (χ0n) is 22.2. The third-order valence-corrected chi connectivity index (χ3v) is 8.40. The predicted molar refractivity (Wildman–Crippen MR) is 142 cm³/mol. The van der Waals surface area contributed by atoms with E-state index < -0.39 is 66.3 Å². The van der Waals surface area contributed by atoms with Gasteiger partial charge in [-0.1, -0.05) is 30.3 Å². The topological polar surface area (TPSA) is 81.1 Å². The number of esters is 1. The van der Waals surface area contributed by atoms with E-state index >= 15 is 4.39 Å². The van der Waals surface area contributed by atoms with Gasteiger partial charge in [0.05, 0.1) is 6.04 Å². The van der Waals surface area contributed by atoms with Crippen LogP contribution >= 0.6 is 11.8 Å². The molecule has 2 aromatic carbocycles. The standard InChI is InChI=1S/C28H25F4N3O5S/c1-15-6-4-8-19-23(18-7-5-9-21(29)20(18)12-41-26(15)19)35-13-33(16(2)28(30,31)32)27(38)24-25(40-14-39-17(3)36)22(37)10-11-34(24)35/h4-11,16,23H,12-14H2,1-3H3/t16-,23+/m1/s1. The second kappa shape index (κ2) is 10.8. The summed E-state index contributed by atoms with van der Waals surface area (Å²) in [5, 5.41) is 1.49. The number of carbonyl (C=O) groups excluding carboxylic acids is 2. The van der Waals surface area contributed by atoms with Gasteiger partial charge in [0.2, 0.25) is 18.0 Å². The maximum Gasteiger partial charge on any atom is 0.408 e. The second-order valence-corrected chi connectivity index (χ2v) is 10.7. The minimum atomic E-state index is -4.80. The number of ether oxygens (including phenoxy) is 2. The van der Waals surface area contributed by atoms with E-state index in [1.165, 1.54) is 39.8 Å². The van der Waals surface area contributed by atoms with Crippen molar-refractivity contribution >= 4 is 23.6 Å². The number of hydrogen-bond donors (Lipinski definition) is 0. The van der Waals surface area contributed by atoms with Gasteiger partial charge in [-0.2, -0.15) is 13.2 Å². The monoisotopic (exact) mass is 591 g/mol. The molecule has 0 aliphatic carbocycles. The normalized spacial score (nSPS) is 17.2. The van der Waals surface area contributed by atoms with Gasteiger partial charge in [0.25, 0.3) is 5.91 Å². The highest BCUT2D eigenvalue weighted by Crippen LogP contribution is 2.45. The number of pyridine rings is 1. The zero-order valence-corrected chi connectivity index (χ0v) is 23.0. The number of fused-ring (bicyclic) bond motifs is 3. The lowest BCUT2D eigenvalue weighted by molar-refractivity contribution is -0.173. The zero-order chi connectivity index (χ0) is 29.6. The summed E-state index contributed by atoms with van der Waals surface area (Å²) < 4.78 is 68.8. The Morgan fingerprint density at radius 1 is 1.12 bits per heavy atom. The van der Waals surface area contributed by atoms with Crippen LogP contribution in [0.5, 0.6) is 5.75 Å². The first kappa shape index (κ1) is 28.5. The van der Waals surface area contributed by atoms with Crippen molar-refractivity contribution in [1.82, 2.24) is 9.58 Å². The van der Waals surface area contributed by atoms with Crippen LogP contribution in [0.1, 0.15) is 52.6 Å². The summed E-state index contributed by atoms with van der Waals surface area (Å²) in [6.45, 7) is 2.56. The van der Waals surface area contributed by atoms with Crippen molar-refractivity contribution in [2.24, 2.45) is 0 Å². The lowest BCUT2D eigenvalue weighted by atomic mass is 9.93. The number of amides is 1. The van der Waals surface area contributed by atoms with E-state index in [-0.39, 0.29) is 5.75 Å². The lowest BCUT2D eigenvalue weighted by Gasteiger charge is -2.46. The van der Waals surface area contributed by atoms with Crippen molar-refractivity contribution in [3.05, 3.63) is 92.6 Å². The third-order valence-electron chi connectivity index (χ3n) is 7.12. The molecule has 0 fully saturated rings. The van der Waals surface area contributed by atoms with Crippen LogP contribution in [-0.4, -0.2) is 47.1 Å². The molecule has 2 aliphatic rings. The molecule has 3 aromatic rings. The van der Waals surface area contributed by atoms with Gasteiger partial charge in [-0.3, -0.25) is 24.1 Å². The van der Waals surface area contributed by atoms with E-state index in [1.54, 1.807) is 12.1 Å². The van der Waals surface area contributed by atoms with Crippen LogP contribution in [0.2, 0.25) is 0 Å². The Hall–Kier alpha value is -4.00. The first-order chi connectivity index (χ1) is 19.4. The van der Waals surface area contributed by atoms with Crippen molar-refractivity contribution in [3.63, 3.8) is 0 Å². The van der Waals surface area contributed by atoms with Gasteiger partial charge in [-0.05, 0) is 36.6 Å². The van der Waals surface area contributed by atoms with E-state index in [0.717, 1.165) is 30.4 Å². The number of thioether (sulfide) groups is 1. The van der Waals surface area contributed by atoms with Crippen LogP contribution in [0.15, 0.2) is 58.4 Å². The van der Waals surface area contributed by atoms with Gasteiger partial charge >= 0.3 is 12.1 Å². The molecule has 3 heterocycles. The van der Waals surface area contributed by atoms with Crippen LogP contribution in [0.3, 0.4) is 0 Å². The fourth-order valence-corrected chi connectivity index (χ4v) is 6.27. The fraction of sp³-hybridized carbons (Fsp3) is 0.321. The van der Waals surface area contributed by atoms with E-state index in [4.69, 9.17) is 9.47 Å². The van der Waals surface area contributed by atoms with E-state index in [9.17, 15) is 27.6 Å².